The molecule has 1 saturated heterocycles. The third-order valence-corrected chi connectivity index (χ3v) is 2.44. The number of carbonyl (C=O) groups excluding carboxylic acids is 1. The van der Waals surface area contributed by atoms with Crippen LogP contribution in [0.5, 0.6) is 0 Å². The molecule has 4 nitrogen and oxygen atoms in total. The number of terminal acetylenes is 1. The van der Waals surface area contributed by atoms with Gasteiger partial charge < -0.3 is 14.7 Å². The summed E-state index contributed by atoms with van der Waals surface area (Å²) < 4.78 is 5.22. The van der Waals surface area contributed by atoms with Gasteiger partial charge in [-0.2, -0.15) is 0 Å². The maximum absolute atomic E-state index is 11.7. The van der Waals surface area contributed by atoms with Crippen LogP contribution in [0, 0.1) is 18.3 Å². The minimum atomic E-state index is -0.538. The monoisotopic (exact) mass is 225 g/mol. The molecule has 0 unspecified atom stereocenters. The predicted molar refractivity (Wildman–Crippen MR) is 60.8 cm³/mol. The van der Waals surface area contributed by atoms with E-state index in [0.717, 1.165) is 0 Å². The number of aliphatic hydroxyl groups is 1. The maximum atomic E-state index is 11.7. The summed E-state index contributed by atoms with van der Waals surface area (Å²) in [5, 5.41) is 9.69. The molecule has 0 aliphatic carbocycles. The van der Waals surface area contributed by atoms with Crippen molar-refractivity contribution in [3.63, 3.8) is 0 Å². The Morgan fingerprint density at radius 2 is 2.19 bits per heavy atom. The van der Waals surface area contributed by atoms with Crippen LogP contribution < -0.4 is 0 Å². The third-order valence-electron chi connectivity index (χ3n) is 2.44. The van der Waals surface area contributed by atoms with Crippen LogP contribution in [0.25, 0.3) is 0 Å². The van der Waals surface area contributed by atoms with Crippen molar-refractivity contribution < 1.29 is 14.6 Å². The van der Waals surface area contributed by atoms with E-state index >= 15 is 0 Å². The second kappa shape index (κ2) is 4.75. The fourth-order valence-corrected chi connectivity index (χ4v) is 1.68. The highest BCUT2D eigenvalue weighted by Crippen LogP contribution is 2.22. The number of hydrogen-bond acceptors (Lipinski definition) is 3. The number of carbonyl (C=O) groups is 1. The van der Waals surface area contributed by atoms with E-state index in [1.165, 1.54) is 4.90 Å². The standard InChI is InChI=1S/C12H19NO3/c1-5-6-9-7-13(8-10(9)14)11(15)16-12(2,3)4/h1,9-10,14H,6-8H2,2-4H3/t9-,10-/m1/s1. The van der Waals surface area contributed by atoms with Gasteiger partial charge in [-0.3, -0.25) is 0 Å². The van der Waals surface area contributed by atoms with Crippen LogP contribution >= 0.6 is 0 Å². The Hall–Kier alpha value is -1.21. The molecule has 0 aromatic rings. The fraction of sp³-hybridized carbons (Fsp3) is 0.750. The van der Waals surface area contributed by atoms with Crippen LogP contribution in [0.4, 0.5) is 4.79 Å². The molecular weight excluding hydrogens is 206 g/mol. The van der Waals surface area contributed by atoms with E-state index in [4.69, 9.17) is 11.2 Å². The van der Waals surface area contributed by atoms with Gasteiger partial charge >= 0.3 is 6.09 Å². The first-order valence-corrected chi connectivity index (χ1v) is 5.43. The van der Waals surface area contributed by atoms with E-state index in [9.17, 15) is 9.90 Å². The summed E-state index contributed by atoms with van der Waals surface area (Å²) in [4.78, 5) is 13.2. The van der Waals surface area contributed by atoms with Crippen molar-refractivity contribution in [1.82, 2.24) is 4.90 Å². The van der Waals surface area contributed by atoms with Crippen molar-refractivity contribution >= 4 is 6.09 Å². The molecule has 2 atom stereocenters. The lowest BCUT2D eigenvalue weighted by Gasteiger charge is -2.24. The molecule has 90 valence electrons. The minimum Gasteiger partial charge on any atom is -0.444 e. The van der Waals surface area contributed by atoms with Crippen LogP contribution in [0.2, 0.25) is 0 Å². The molecule has 1 N–H and O–H groups in total. The Morgan fingerprint density at radius 3 is 2.69 bits per heavy atom. The summed E-state index contributed by atoms with van der Waals surface area (Å²) in [5.74, 6) is 2.48. The Bertz CT molecular complexity index is 300. The number of ether oxygens (including phenoxy) is 1. The van der Waals surface area contributed by atoms with Crippen LogP contribution in [0.15, 0.2) is 0 Å². The smallest absolute Gasteiger partial charge is 0.410 e. The van der Waals surface area contributed by atoms with E-state index in [0.29, 0.717) is 19.5 Å². The van der Waals surface area contributed by atoms with E-state index in [2.05, 4.69) is 5.92 Å². The number of nitrogens with zero attached hydrogens (tertiary/aromatic N) is 1. The van der Waals surface area contributed by atoms with E-state index in [1.54, 1.807) is 0 Å². The van der Waals surface area contributed by atoms with E-state index in [-0.39, 0.29) is 12.0 Å². The second-order valence-electron chi connectivity index (χ2n) is 5.12. The number of amides is 1. The van der Waals surface area contributed by atoms with Gasteiger partial charge in [-0.05, 0) is 20.8 Å². The lowest BCUT2D eigenvalue weighted by atomic mass is 10.0. The number of rotatable bonds is 1. The Morgan fingerprint density at radius 1 is 1.56 bits per heavy atom. The number of hydrogen-bond donors (Lipinski definition) is 1. The third kappa shape index (κ3) is 3.42. The molecule has 0 spiro atoms. The van der Waals surface area contributed by atoms with E-state index in [1.807, 2.05) is 20.8 Å². The zero-order valence-electron chi connectivity index (χ0n) is 10.1. The summed E-state index contributed by atoms with van der Waals surface area (Å²) in [6.07, 6.45) is 4.76. The first kappa shape index (κ1) is 12.9. The van der Waals surface area contributed by atoms with Crippen molar-refractivity contribution in [1.29, 1.82) is 0 Å². The molecule has 0 radical (unpaired) electrons. The number of β-amino-alcohol motifs (C(OH)–C–C–N with tert-alkyl or cyclic N) is 1. The van der Waals surface area contributed by atoms with Crippen molar-refractivity contribution in [3.05, 3.63) is 0 Å². The van der Waals surface area contributed by atoms with Crippen LogP contribution in [-0.4, -0.2) is 40.9 Å². The summed E-state index contributed by atoms with van der Waals surface area (Å²) >= 11 is 0. The average molecular weight is 225 g/mol. The van der Waals surface area contributed by atoms with Crippen LogP contribution in [0.3, 0.4) is 0 Å². The first-order valence-electron chi connectivity index (χ1n) is 5.43. The molecule has 1 fully saturated rings. The van der Waals surface area contributed by atoms with Gasteiger partial charge in [0.05, 0.1) is 12.6 Å². The second-order valence-corrected chi connectivity index (χ2v) is 5.12. The van der Waals surface area contributed by atoms with Gasteiger partial charge in [0.25, 0.3) is 0 Å². The molecule has 1 rings (SSSR count). The van der Waals surface area contributed by atoms with E-state index < -0.39 is 11.7 Å². The first-order chi connectivity index (χ1) is 7.33. The maximum Gasteiger partial charge on any atom is 0.410 e. The lowest BCUT2D eigenvalue weighted by Crippen LogP contribution is -2.35. The SMILES string of the molecule is C#CC[C@@H]1CN(C(=O)OC(C)(C)C)C[C@H]1O. The molecule has 1 aliphatic rings. The quantitative estimate of drug-likeness (QED) is 0.683. The molecule has 0 aromatic carbocycles. The zero-order chi connectivity index (χ0) is 12.3. The molecule has 1 amide bonds. The molecule has 1 heterocycles. The molecule has 0 saturated carbocycles. The summed E-state index contributed by atoms with van der Waals surface area (Å²) in [6.45, 7) is 6.23. The van der Waals surface area contributed by atoms with Gasteiger partial charge in [-0.1, -0.05) is 0 Å². The van der Waals surface area contributed by atoms with Gasteiger partial charge in [-0.15, -0.1) is 12.3 Å². The van der Waals surface area contributed by atoms with Gasteiger partial charge in [0.15, 0.2) is 0 Å². The zero-order valence-corrected chi connectivity index (χ0v) is 10.1. The topological polar surface area (TPSA) is 49.8 Å². The van der Waals surface area contributed by atoms with Crippen LogP contribution in [-0.2, 0) is 4.74 Å². The summed E-state index contributed by atoms with van der Waals surface area (Å²) in [5.41, 5.74) is -0.508. The highest BCUT2D eigenvalue weighted by molar-refractivity contribution is 5.68. The number of aliphatic hydroxyl groups excluding tert-OH is 1. The van der Waals surface area contributed by atoms with Crippen LogP contribution in [0.1, 0.15) is 27.2 Å². The van der Waals surface area contributed by atoms with Gasteiger partial charge in [-0.25, -0.2) is 4.79 Å². The normalized spacial score (nSPS) is 25.3. The number of likely N-dealkylation sites (tertiary alicyclic amines) is 1. The summed E-state index contributed by atoms with van der Waals surface area (Å²) in [7, 11) is 0. The molecule has 1 aliphatic heterocycles. The molecule has 4 heteroatoms. The largest absolute Gasteiger partial charge is 0.444 e. The van der Waals surface area contributed by atoms with Crippen molar-refractivity contribution in [2.24, 2.45) is 5.92 Å². The lowest BCUT2D eigenvalue weighted by molar-refractivity contribution is 0.0270. The Labute approximate surface area is 96.6 Å². The molecule has 0 bridgehead atoms. The molecule has 0 aromatic heterocycles. The Kier molecular flexibility index (Phi) is 3.82. The average Bonchev–Trinajstić information content (AvgIpc) is 2.46. The van der Waals surface area contributed by atoms with Crippen molar-refractivity contribution in [2.75, 3.05) is 13.1 Å². The predicted octanol–water partition coefficient (Wildman–Crippen LogP) is 1.24. The van der Waals surface area contributed by atoms with Gasteiger partial charge in [0.2, 0.25) is 0 Å². The highest BCUT2D eigenvalue weighted by atomic mass is 16.6. The molecular formula is C12H19NO3. The fourth-order valence-electron chi connectivity index (χ4n) is 1.68. The van der Waals surface area contributed by atoms with Gasteiger partial charge in [0, 0.05) is 18.9 Å². The summed E-state index contributed by atoms with van der Waals surface area (Å²) in [6, 6.07) is 0. The van der Waals surface area contributed by atoms with Gasteiger partial charge in [0.1, 0.15) is 5.60 Å². The van der Waals surface area contributed by atoms with Crippen molar-refractivity contribution in [3.8, 4) is 12.3 Å². The van der Waals surface area contributed by atoms with Crippen molar-refractivity contribution in [2.45, 2.75) is 38.9 Å². The Balaban J connectivity index is 2.52. The highest BCUT2D eigenvalue weighted by Gasteiger charge is 2.35. The minimum absolute atomic E-state index is 0.0301. The molecule has 16 heavy (non-hydrogen) atoms.